The van der Waals surface area contributed by atoms with Crippen molar-refractivity contribution in [2.45, 2.75) is 27.2 Å². The number of rotatable bonds is 4. The Bertz CT molecular complexity index is 445. The van der Waals surface area contributed by atoms with Crippen LogP contribution in [0.25, 0.3) is 0 Å². The maximum Gasteiger partial charge on any atom is 0.358 e. The number of thiazole rings is 1. The molecule has 1 N–H and O–H groups in total. The Labute approximate surface area is 97.6 Å². The topological polar surface area (TPSA) is 74.9 Å². The Morgan fingerprint density at radius 1 is 1.50 bits per heavy atom. The number of carboxylic acids is 1. The lowest BCUT2D eigenvalue weighted by molar-refractivity contribution is -0.129. The summed E-state index contributed by atoms with van der Waals surface area (Å²) in [5, 5.41) is 19.0. The first-order valence-corrected chi connectivity index (χ1v) is 5.69. The van der Waals surface area contributed by atoms with Crippen molar-refractivity contribution >= 4 is 28.7 Å². The average molecular weight is 239 g/mol. The van der Waals surface area contributed by atoms with Crippen LogP contribution in [0.3, 0.4) is 0 Å². The third-order valence-corrected chi connectivity index (χ3v) is 2.64. The van der Waals surface area contributed by atoms with Gasteiger partial charge in [0.05, 0.1) is 5.01 Å². The van der Waals surface area contributed by atoms with Crippen LogP contribution in [0.4, 0.5) is 0 Å². The summed E-state index contributed by atoms with van der Waals surface area (Å²) in [5.74, 6) is -1.11. The number of hydrogen-bond acceptors (Lipinski definition) is 5. The molecule has 0 aliphatic heterocycles. The highest BCUT2D eigenvalue weighted by molar-refractivity contribution is 7.09. The fourth-order valence-corrected chi connectivity index (χ4v) is 1.67. The zero-order chi connectivity index (χ0) is 12.1. The minimum Gasteiger partial charge on any atom is -0.476 e. The lowest BCUT2D eigenvalue weighted by Crippen LogP contribution is -2.14. The van der Waals surface area contributed by atoms with Gasteiger partial charge in [0, 0.05) is 11.1 Å². The van der Waals surface area contributed by atoms with E-state index in [1.165, 1.54) is 11.3 Å². The van der Waals surface area contributed by atoms with E-state index in [9.17, 15) is 4.79 Å². The molecule has 1 rings (SSSR count). The van der Waals surface area contributed by atoms with Crippen molar-refractivity contribution in [1.29, 1.82) is 0 Å². The van der Waals surface area contributed by atoms with Crippen molar-refractivity contribution in [2.75, 3.05) is 0 Å². The number of carbonyl (C=O) groups is 1. The van der Waals surface area contributed by atoms with E-state index in [1.807, 2.05) is 6.92 Å². The first-order valence-electron chi connectivity index (χ1n) is 4.81. The van der Waals surface area contributed by atoms with Crippen LogP contribution in [0.15, 0.2) is 15.6 Å². The minimum absolute atomic E-state index is 0.114. The number of hydrogen-bond donors (Lipinski definition) is 1. The van der Waals surface area contributed by atoms with Gasteiger partial charge in [0.2, 0.25) is 0 Å². The summed E-state index contributed by atoms with van der Waals surface area (Å²) in [5.41, 5.74) is 0.959. The quantitative estimate of drug-likeness (QED) is 0.644. The summed E-state index contributed by atoms with van der Waals surface area (Å²) in [6.07, 6.45) is 0.785. The summed E-state index contributed by atoms with van der Waals surface area (Å²) in [6.45, 7) is 5.47. The Morgan fingerprint density at radius 3 is 2.62 bits per heavy atom. The number of aromatic nitrogens is 1. The molecule has 86 valence electrons. The Hall–Kier alpha value is -1.56. The largest absolute Gasteiger partial charge is 0.476 e. The van der Waals surface area contributed by atoms with Gasteiger partial charge in [-0.05, 0) is 20.3 Å². The molecule has 6 heteroatoms. The smallest absolute Gasteiger partial charge is 0.358 e. The fraction of sp³-hybridized carbons (Fsp3) is 0.400. The molecule has 0 aliphatic carbocycles. The van der Waals surface area contributed by atoms with Crippen LogP contribution in [0.2, 0.25) is 0 Å². The number of carboxylic acid groups (broad SMARTS) is 1. The SMILES string of the molecule is CCc1nc(/C(=N/N=C(C)C)C(=O)O)cs1. The number of aryl methyl sites for hydroxylation is 1. The minimum atomic E-state index is -1.11. The van der Waals surface area contributed by atoms with Gasteiger partial charge in [-0.15, -0.1) is 16.4 Å². The van der Waals surface area contributed by atoms with E-state index in [4.69, 9.17) is 5.11 Å². The zero-order valence-electron chi connectivity index (χ0n) is 9.39. The summed E-state index contributed by atoms with van der Waals surface area (Å²) in [7, 11) is 0. The molecule has 0 fully saturated rings. The van der Waals surface area contributed by atoms with Crippen LogP contribution >= 0.6 is 11.3 Å². The molecule has 1 aromatic rings. The fourth-order valence-electron chi connectivity index (χ4n) is 0.936. The summed E-state index contributed by atoms with van der Waals surface area (Å²) in [4.78, 5) is 15.1. The molecule has 1 heterocycles. The third-order valence-electron chi connectivity index (χ3n) is 1.65. The molecule has 16 heavy (non-hydrogen) atoms. The van der Waals surface area contributed by atoms with Crippen LogP contribution in [0.5, 0.6) is 0 Å². The first-order chi connectivity index (χ1) is 7.54. The van der Waals surface area contributed by atoms with Crippen molar-refractivity contribution < 1.29 is 9.90 Å². The van der Waals surface area contributed by atoms with Gasteiger partial charge in [-0.3, -0.25) is 0 Å². The molecule has 1 aromatic heterocycles. The predicted molar refractivity (Wildman–Crippen MR) is 64.4 cm³/mol. The van der Waals surface area contributed by atoms with E-state index in [-0.39, 0.29) is 5.71 Å². The summed E-state index contributed by atoms with van der Waals surface area (Å²) >= 11 is 1.43. The van der Waals surface area contributed by atoms with E-state index in [1.54, 1.807) is 19.2 Å². The van der Waals surface area contributed by atoms with Crippen molar-refractivity contribution in [3.63, 3.8) is 0 Å². The zero-order valence-corrected chi connectivity index (χ0v) is 10.2. The van der Waals surface area contributed by atoms with Crippen LogP contribution in [0.1, 0.15) is 31.5 Å². The summed E-state index contributed by atoms with van der Waals surface area (Å²) in [6, 6.07) is 0. The molecule has 0 bridgehead atoms. The van der Waals surface area contributed by atoms with Crippen LogP contribution in [0, 0.1) is 0 Å². The monoisotopic (exact) mass is 239 g/mol. The van der Waals surface area contributed by atoms with Gasteiger partial charge in [0.1, 0.15) is 5.69 Å². The standard InChI is InChI=1S/C10H13N3O2S/c1-4-8-11-7(5-16-8)9(10(14)15)13-12-6(2)3/h5H,4H2,1-3H3,(H,14,15)/b13-9-. The second-order valence-electron chi connectivity index (χ2n) is 3.28. The average Bonchev–Trinajstić information content (AvgIpc) is 2.65. The van der Waals surface area contributed by atoms with Crippen LogP contribution in [-0.4, -0.2) is 27.5 Å². The summed E-state index contributed by atoms with van der Waals surface area (Å²) < 4.78 is 0. The van der Waals surface area contributed by atoms with Crippen molar-refractivity contribution in [1.82, 2.24) is 4.98 Å². The van der Waals surface area contributed by atoms with Gasteiger partial charge in [-0.2, -0.15) is 5.10 Å². The highest BCUT2D eigenvalue weighted by atomic mass is 32.1. The highest BCUT2D eigenvalue weighted by Gasteiger charge is 2.16. The van der Waals surface area contributed by atoms with E-state index < -0.39 is 5.97 Å². The van der Waals surface area contributed by atoms with E-state index in [0.29, 0.717) is 11.4 Å². The molecule has 5 nitrogen and oxygen atoms in total. The lowest BCUT2D eigenvalue weighted by atomic mass is 10.3. The van der Waals surface area contributed by atoms with E-state index in [2.05, 4.69) is 15.2 Å². The maximum atomic E-state index is 11.0. The molecule has 0 unspecified atom stereocenters. The predicted octanol–water partition coefficient (Wildman–Crippen LogP) is 1.98. The molecule has 0 aromatic carbocycles. The van der Waals surface area contributed by atoms with Crippen LogP contribution < -0.4 is 0 Å². The van der Waals surface area contributed by atoms with Crippen molar-refractivity contribution in [3.05, 3.63) is 16.1 Å². The molecule has 0 spiro atoms. The second-order valence-corrected chi connectivity index (χ2v) is 4.22. The van der Waals surface area contributed by atoms with Gasteiger partial charge in [0.15, 0.2) is 5.71 Å². The Morgan fingerprint density at radius 2 is 2.19 bits per heavy atom. The highest BCUT2D eigenvalue weighted by Crippen LogP contribution is 2.11. The number of aliphatic carboxylic acids is 1. The third kappa shape index (κ3) is 3.23. The normalized spacial score (nSPS) is 11.3. The van der Waals surface area contributed by atoms with E-state index in [0.717, 1.165) is 11.4 Å². The van der Waals surface area contributed by atoms with Gasteiger partial charge in [-0.1, -0.05) is 6.92 Å². The molecular weight excluding hydrogens is 226 g/mol. The van der Waals surface area contributed by atoms with Crippen molar-refractivity contribution in [3.8, 4) is 0 Å². The van der Waals surface area contributed by atoms with E-state index >= 15 is 0 Å². The number of nitrogens with zero attached hydrogens (tertiary/aromatic N) is 3. The first kappa shape index (κ1) is 12.5. The molecule has 0 radical (unpaired) electrons. The van der Waals surface area contributed by atoms with Gasteiger partial charge in [0.25, 0.3) is 0 Å². The molecule has 0 saturated heterocycles. The molecule has 0 saturated carbocycles. The Kier molecular flexibility index (Phi) is 4.30. The maximum absolute atomic E-state index is 11.0. The lowest BCUT2D eigenvalue weighted by Gasteiger charge is -1.94. The molecule has 0 atom stereocenters. The molecule has 0 aliphatic rings. The molecular formula is C10H13N3O2S. The van der Waals surface area contributed by atoms with Crippen molar-refractivity contribution in [2.24, 2.45) is 10.2 Å². The van der Waals surface area contributed by atoms with Crippen LogP contribution in [-0.2, 0) is 11.2 Å². The molecule has 0 amide bonds. The van der Waals surface area contributed by atoms with Gasteiger partial charge >= 0.3 is 5.97 Å². The van der Waals surface area contributed by atoms with Gasteiger partial charge < -0.3 is 5.11 Å². The Balaban J connectivity index is 3.08. The second kappa shape index (κ2) is 5.50. The van der Waals surface area contributed by atoms with Gasteiger partial charge in [-0.25, -0.2) is 9.78 Å².